The molecule has 0 N–H and O–H groups in total. The lowest BCUT2D eigenvalue weighted by Crippen LogP contribution is -2.43. The standard InChI is InChI=1S/C9H13NO/c1-4-9(2,3)10-7-5-6-8(10)11/h1H,5-7H2,2-3H3. The highest BCUT2D eigenvalue weighted by molar-refractivity contribution is 5.79. The lowest BCUT2D eigenvalue weighted by Gasteiger charge is -2.30. The molecule has 1 fully saturated rings. The van der Waals surface area contributed by atoms with Crippen molar-refractivity contribution in [1.29, 1.82) is 0 Å². The van der Waals surface area contributed by atoms with Crippen LogP contribution in [0.3, 0.4) is 0 Å². The normalized spacial score (nSPS) is 18.6. The fraction of sp³-hybridized carbons (Fsp3) is 0.667. The van der Waals surface area contributed by atoms with E-state index in [4.69, 9.17) is 6.42 Å². The number of hydrogen-bond donors (Lipinski definition) is 0. The minimum Gasteiger partial charge on any atom is -0.327 e. The van der Waals surface area contributed by atoms with Crippen LogP contribution in [-0.2, 0) is 4.79 Å². The molecule has 0 radical (unpaired) electrons. The van der Waals surface area contributed by atoms with Gasteiger partial charge in [-0.25, -0.2) is 0 Å². The molecule has 11 heavy (non-hydrogen) atoms. The van der Waals surface area contributed by atoms with Crippen molar-refractivity contribution >= 4 is 5.91 Å². The SMILES string of the molecule is C#CC(C)(C)N1CCCC1=O. The Morgan fingerprint density at radius 3 is 2.64 bits per heavy atom. The summed E-state index contributed by atoms with van der Waals surface area (Å²) in [7, 11) is 0. The zero-order valence-electron chi connectivity index (χ0n) is 7.05. The first-order valence-electron chi connectivity index (χ1n) is 3.86. The zero-order chi connectivity index (χ0) is 8.48. The predicted octanol–water partition coefficient (Wildman–Crippen LogP) is 1.02. The number of likely N-dealkylation sites (tertiary alicyclic amines) is 1. The molecular formula is C9H13NO. The second-order valence-electron chi connectivity index (χ2n) is 3.35. The number of amides is 1. The Bertz CT molecular complexity index is 212. The Labute approximate surface area is 67.6 Å². The van der Waals surface area contributed by atoms with Crippen molar-refractivity contribution in [2.75, 3.05) is 6.54 Å². The Kier molecular flexibility index (Phi) is 1.90. The molecule has 0 aromatic rings. The van der Waals surface area contributed by atoms with Crippen LogP contribution in [0.1, 0.15) is 26.7 Å². The van der Waals surface area contributed by atoms with Gasteiger partial charge in [0.25, 0.3) is 0 Å². The number of terminal acetylenes is 1. The van der Waals surface area contributed by atoms with Gasteiger partial charge < -0.3 is 4.90 Å². The van der Waals surface area contributed by atoms with Crippen LogP contribution in [0.25, 0.3) is 0 Å². The van der Waals surface area contributed by atoms with Gasteiger partial charge in [0.2, 0.25) is 5.91 Å². The maximum absolute atomic E-state index is 11.2. The number of hydrogen-bond acceptors (Lipinski definition) is 1. The van der Waals surface area contributed by atoms with Gasteiger partial charge in [-0.05, 0) is 20.3 Å². The zero-order valence-corrected chi connectivity index (χ0v) is 7.05. The van der Waals surface area contributed by atoms with Gasteiger partial charge in [0.05, 0.1) is 5.54 Å². The minimum atomic E-state index is -0.395. The molecule has 1 aliphatic rings. The summed E-state index contributed by atoms with van der Waals surface area (Å²) in [6, 6.07) is 0. The summed E-state index contributed by atoms with van der Waals surface area (Å²) < 4.78 is 0. The molecule has 0 atom stereocenters. The summed E-state index contributed by atoms with van der Waals surface area (Å²) in [6.07, 6.45) is 6.91. The van der Waals surface area contributed by atoms with Crippen LogP contribution in [0.15, 0.2) is 0 Å². The van der Waals surface area contributed by atoms with Crippen molar-refractivity contribution in [2.45, 2.75) is 32.2 Å². The molecule has 2 heteroatoms. The average Bonchev–Trinajstić information content (AvgIpc) is 2.36. The lowest BCUT2D eigenvalue weighted by molar-refractivity contribution is -0.130. The molecule has 2 nitrogen and oxygen atoms in total. The van der Waals surface area contributed by atoms with Crippen molar-refractivity contribution < 1.29 is 4.79 Å². The summed E-state index contributed by atoms with van der Waals surface area (Å²) in [6.45, 7) is 4.61. The average molecular weight is 151 g/mol. The Hall–Kier alpha value is -0.970. The molecule has 0 aromatic carbocycles. The van der Waals surface area contributed by atoms with Gasteiger partial charge >= 0.3 is 0 Å². The first-order chi connectivity index (χ1) is 5.08. The van der Waals surface area contributed by atoms with E-state index in [-0.39, 0.29) is 5.91 Å². The molecule has 1 saturated heterocycles. The Balaban J connectivity index is 2.76. The summed E-state index contributed by atoms with van der Waals surface area (Å²) in [4.78, 5) is 13.0. The van der Waals surface area contributed by atoms with Crippen molar-refractivity contribution in [3.05, 3.63) is 0 Å². The van der Waals surface area contributed by atoms with E-state index in [9.17, 15) is 4.79 Å². The van der Waals surface area contributed by atoms with E-state index in [2.05, 4.69) is 5.92 Å². The highest BCUT2D eigenvalue weighted by Crippen LogP contribution is 2.20. The van der Waals surface area contributed by atoms with E-state index in [0.717, 1.165) is 13.0 Å². The molecule has 1 aliphatic heterocycles. The molecule has 0 aromatic heterocycles. The van der Waals surface area contributed by atoms with Gasteiger partial charge in [0.15, 0.2) is 0 Å². The van der Waals surface area contributed by atoms with E-state index in [1.165, 1.54) is 0 Å². The quantitative estimate of drug-likeness (QED) is 0.512. The summed E-state index contributed by atoms with van der Waals surface area (Å²) in [5.41, 5.74) is -0.395. The van der Waals surface area contributed by atoms with E-state index in [1.807, 2.05) is 13.8 Å². The molecule has 60 valence electrons. The number of nitrogens with zero attached hydrogens (tertiary/aromatic N) is 1. The van der Waals surface area contributed by atoms with Gasteiger partial charge in [-0.2, -0.15) is 0 Å². The van der Waals surface area contributed by atoms with E-state index < -0.39 is 5.54 Å². The maximum Gasteiger partial charge on any atom is 0.223 e. The van der Waals surface area contributed by atoms with E-state index in [0.29, 0.717) is 6.42 Å². The largest absolute Gasteiger partial charge is 0.327 e. The first-order valence-corrected chi connectivity index (χ1v) is 3.86. The molecule has 0 bridgehead atoms. The van der Waals surface area contributed by atoms with Crippen LogP contribution in [0.2, 0.25) is 0 Å². The van der Waals surface area contributed by atoms with Crippen LogP contribution in [0.4, 0.5) is 0 Å². The molecule has 1 rings (SSSR count). The Morgan fingerprint density at radius 2 is 2.27 bits per heavy atom. The van der Waals surface area contributed by atoms with Crippen molar-refractivity contribution in [3.63, 3.8) is 0 Å². The lowest BCUT2D eigenvalue weighted by atomic mass is 10.1. The van der Waals surface area contributed by atoms with E-state index in [1.54, 1.807) is 4.90 Å². The summed E-state index contributed by atoms with van der Waals surface area (Å²) >= 11 is 0. The third kappa shape index (κ3) is 1.37. The third-order valence-corrected chi connectivity index (χ3v) is 2.10. The molecule has 1 heterocycles. The topological polar surface area (TPSA) is 20.3 Å². The molecule has 0 saturated carbocycles. The number of carbonyl (C=O) groups excluding carboxylic acids is 1. The van der Waals surface area contributed by atoms with Gasteiger partial charge in [0.1, 0.15) is 0 Å². The molecule has 0 unspecified atom stereocenters. The van der Waals surface area contributed by atoms with Gasteiger partial charge in [-0.1, -0.05) is 5.92 Å². The highest BCUT2D eigenvalue weighted by Gasteiger charge is 2.31. The van der Waals surface area contributed by atoms with Crippen molar-refractivity contribution in [3.8, 4) is 12.3 Å². The highest BCUT2D eigenvalue weighted by atomic mass is 16.2. The maximum atomic E-state index is 11.2. The fourth-order valence-electron chi connectivity index (χ4n) is 1.32. The van der Waals surface area contributed by atoms with Crippen LogP contribution in [0.5, 0.6) is 0 Å². The number of rotatable bonds is 1. The predicted molar refractivity (Wildman–Crippen MR) is 43.9 cm³/mol. The molecule has 1 amide bonds. The smallest absolute Gasteiger partial charge is 0.223 e. The Morgan fingerprint density at radius 1 is 1.64 bits per heavy atom. The molecule has 0 aliphatic carbocycles. The van der Waals surface area contributed by atoms with Crippen LogP contribution in [-0.4, -0.2) is 22.9 Å². The van der Waals surface area contributed by atoms with Gasteiger partial charge in [-0.15, -0.1) is 6.42 Å². The van der Waals surface area contributed by atoms with Gasteiger partial charge in [0, 0.05) is 13.0 Å². The van der Waals surface area contributed by atoms with E-state index >= 15 is 0 Å². The second-order valence-corrected chi connectivity index (χ2v) is 3.35. The fourth-order valence-corrected chi connectivity index (χ4v) is 1.32. The van der Waals surface area contributed by atoms with Gasteiger partial charge in [-0.3, -0.25) is 4.79 Å². The van der Waals surface area contributed by atoms with Crippen molar-refractivity contribution in [1.82, 2.24) is 4.90 Å². The summed E-state index contributed by atoms with van der Waals surface area (Å²) in [5.74, 6) is 2.81. The van der Waals surface area contributed by atoms with Crippen LogP contribution in [0, 0.1) is 12.3 Å². The second kappa shape index (κ2) is 2.58. The first kappa shape index (κ1) is 8.13. The molecular weight excluding hydrogens is 138 g/mol. The molecule has 0 spiro atoms. The van der Waals surface area contributed by atoms with Crippen LogP contribution < -0.4 is 0 Å². The van der Waals surface area contributed by atoms with Crippen LogP contribution >= 0.6 is 0 Å². The van der Waals surface area contributed by atoms with Crippen molar-refractivity contribution in [2.24, 2.45) is 0 Å². The summed E-state index contributed by atoms with van der Waals surface area (Å²) in [5, 5.41) is 0. The third-order valence-electron chi connectivity index (χ3n) is 2.10. The number of carbonyl (C=O) groups is 1. The minimum absolute atomic E-state index is 0.188. The monoisotopic (exact) mass is 151 g/mol.